The van der Waals surface area contributed by atoms with E-state index in [2.05, 4.69) is 17.6 Å². The largest absolute Gasteiger partial charge is 0.348 e. The molecular weight excluding hydrogens is 271 g/mol. The van der Waals surface area contributed by atoms with E-state index < -0.39 is 11.8 Å². The lowest BCUT2D eigenvalue weighted by atomic mass is 10.1. The molecule has 2 N–H and O–H groups in total. The van der Waals surface area contributed by atoms with Crippen LogP contribution in [0, 0.1) is 12.7 Å². The minimum Gasteiger partial charge on any atom is -0.348 e. The highest BCUT2D eigenvalue weighted by Crippen LogP contribution is 2.15. The molecule has 0 heterocycles. The number of carbonyl (C=O) groups is 2. The van der Waals surface area contributed by atoms with Crippen LogP contribution in [0.5, 0.6) is 0 Å². The zero-order valence-corrected chi connectivity index (χ0v) is 12.7. The Balaban J connectivity index is 2.32. The fourth-order valence-corrected chi connectivity index (χ4v) is 1.96. The topological polar surface area (TPSA) is 58.2 Å². The number of benzene rings is 1. The molecule has 0 radical (unpaired) electrons. The molecule has 2 amide bonds. The van der Waals surface area contributed by atoms with E-state index in [1.165, 1.54) is 31.0 Å². The first-order valence-electron chi connectivity index (χ1n) is 7.40. The fourth-order valence-electron chi connectivity index (χ4n) is 1.96. The number of halogens is 1. The molecule has 0 saturated carbocycles. The molecule has 1 rings (SSSR count). The third-order valence-electron chi connectivity index (χ3n) is 3.21. The lowest BCUT2D eigenvalue weighted by molar-refractivity contribution is -0.136. The van der Waals surface area contributed by atoms with Gasteiger partial charge in [-0.3, -0.25) is 9.59 Å². The first kappa shape index (κ1) is 17.1. The van der Waals surface area contributed by atoms with E-state index in [4.69, 9.17) is 0 Å². The number of hydrogen-bond donors (Lipinski definition) is 2. The second-order valence-corrected chi connectivity index (χ2v) is 5.08. The molecule has 0 aliphatic rings. The van der Waals surface area contributed by atoms with Crippen molar-refractivity contribution < 1.29 is 14.0 Å². The van der Waals surface area contributed by atoms with E-state index in [0.717, 1.165) is 19.3 Å². The van der Waals surface area contributed by atoms with Crippen LogP contribution in [0.3, 0.4) is 0 Å². The third-order valence-corrected chi connectivity index (χ3v) is 3.21. The lowest BCUT2D eigenvalue weighted by Gasteiger charge is -2.08. The van der Waals surface area contributed by atoms with Gasteiger partial charge in [-0.05, 0) is 37.1 Å². The van der Waals surface area contributed by atoms with Crippen molar-refractivity contribution in [2.75, 3.05) is 11.9 Å². The molecule has 0 unspecified atom stereocenters. The Labute approximate surface area is 125 Å². The van der Waals surface area contributed by atoms with Gasteiger partial charge in [-0.15, -0.1) is 0 Å². The van der Waals surface area contributed by atoms with Crippen molar-refractivity contribution >= 4 is 17.5 Å². The quantitative estimate of drug-likeness (QED) is 0.599. The van der Waals surface area contributed by atoms with Gasteiger partial charge in [-0.25, -0.2) is 4.39 Å². The van der Waals surface area contributed by atoms with Crippen LogP contribution in [0.4, 0.5) is 10.1 Å². The van der Waals surface area contributed by atoms with E-state index in [1.807, 2.05) is 0 Å². The number of hydrogen-bond acceptors (Lipinski definition) is 2. The summed E-state index contributed by atoms with van der Waals surface area (Å²) in [4.78, 5) is 23.3. The van der Waals surface area contributed by atoms with E-state index in [0.29, 0.717) is 17.8 Å². The Morgan fingerprint density at radius 1 is 1.10 bits per heavy atom. The smallest absolute Gasteiger partial charge is 0.313 e. The number of anilines is 1. The summed E-state index contributed by atoms with van der Waals surface area (Å²) in [5.74, 6) is -1.76. The summed E-state index contributed by atoms with van der Waals surface area (Å²) < 4.78 is 12.9. The zero-order valence-electron chi connectivity index (χ0n) is 12.7. The Bertz CT molecular complexity index is 489. The van der Waals surface area contributed by atoms with Crippen LogP contribution >= 0.6 is 0 Å². The molecule has 0 aromatic heterocycles. The van der Waals surface area contributed by atoms with E-state index >= 15 is 0 Å². The van der Waals surface area contributed by atoms with Gasteiger partial charge in [0.1, 0.15) is 5.82 Å². The summed E-state index contributed by atoms with van der Waals surface area (Å²) in [6.45, 7) is 4.31. The average molecular weight is 294 g/mol. The maximum absolute atomic E-state index is 12.9. The number of amides is 2. The molecule has 0 atom stereocenters. The minimum atomic E-state index is -0.724. The Morgan fingerprint density at radius 2 is 1.81 bits per heavy atom. The average Bonchev–Trinajstić information content (AvgIpc) is 2.45. The van der Waals surface area contributed by atoms with Crippen molar-refractivity contribution in [3.63, 3.8) is 0 Å². The summed E-state index contributed by atoms with van der Waals surface area (Å²) in [7, 11) is 0. The molecule has 1 aromatic carbocycles. The Hall–Kier alpha value is -1.91. The molecule has 0 bridgehead atoms. The van der Waals surface area contributed by atoms with Crippen molar-refractivity contribution in [1.29, 1.82) is 0 Å². The standard InChI is InChI=1S/C16H23FN2O2/c1-3-4-5-6-7-10-18-15(20)16(21)19-14-9-8-13(17)11-12(14)2/h8-9,11H,3-7,10H2,1-2H3,(H,18,20)(H,19,21). The Morgan fingerprint density at radius 3 is 2.48 bits per heavy atom. The highest BCUT2D eigenvalue weighted by Gasteiger charge is 2.14. The van der Waals surface area contributed by atoms with Crippen molar-refractivity contribution in [3.8, 4) is 0 Å². The number of unbranched alkanes of at least 4 members (excludes halogenated alkanes) is 4. The minimum absolute atomic E-state index is 0.373. The van der Waals surface area contributed by atoms with Gasteiger partial charge in [0, 0.05) is 12.2 Å². The highest BCUT2D eigenvalue weighted by molar-refractivity contribution is 6.39. The van der Waals surface area contributed by atoms with Crippen LogP contribution < -0.4 is 10.6 Å². The Kier molecular flexibility index (Phi) is 7.43. The van der Waals surface area contributed by atoms with E-state index in [9.17, 15) is 14.0 Å². The molecule has 21 heavy (non-hydrogen) atoms. The summed E-state index contributed by atoms with van der Waals surface area (Å²) in [5, 5.41) is 5.07. The lowest BCUT2D eigenvalue weighted by Crippen LogP contribution is -2.36. The van der Waals surface area contributed by atoms with Gasteiger partial charge < -0.3 is 10.6 Å². The van der Waals surface area contributed by atoms with Gasteiger partial charge in [-0.1, -0.05) is 32.6 Å². The summed E-state index contributed by atoms with van der Waals surface area (Å²) >= 11 is 0. The van der Waals surface area contributed by atoms with E-state index in [-0.39, 0.29) is 5.82 Å². The zero-order chi connectivity index (χ0) is 15.7. The molecule has 0 saturated heterocycles. The van der Waals surface area contributed by atoms with Crippen LogP contribution in [-0.2, 0) is 9.59 Å². The number of nitrogens with one attached hydrogen (secondary N) is 2. The van der Waals surface area contributed by atoms with Gasteiger partial charge in [0.2, 0.25) is 0 Å². The predicted octanol–water partition coefficient (Wildman–Crippen LogP) is 3.16. The van der Waals surface area contributed by atoms with Crippen LogP contribution in [-0.4, -0.2) is 18.4 Å². The number of aryl methyl sites for hydroxylation is 1. The van der Waals surface area contributed by atoms with Crippen molar-refractivity contribution in [2.45, 2.75) is 46.0 Å². The first-order valence-corrected chi connectivity index (χ1v) is 7.40. The monoisotopic (exact) mass is 294 g/mol. The molecule has 5 heteroatoms. The molecule has 0 fully saturated rings. The van der Waals surface area contributed by atoms with Crippen molar-refractivity contribution in [1.82, 2.24) is 5.32 Å². The fraction of sp³-hybridized carbons (Fsp3) is 0.500. The van der Waals surface area contributed by atoms with Crippen LogP contribution in [0.15, 0.2) is 18.2 Å². The summed E-state index contributed by atoms with van der Waals surface area (Å²) in [5.41, 5.74) is 1.02. The van der Waals surface area contributed by atoms with Gasteiger partial charge >= 0.3 is 11.8 Å². The van der Waals surface area contributed by atoms with Gasteiger partial charge in [0.15, 0.2) is 0 Å². The summed E-state index contributed by atoms with van der Waals surface area (Å²) in [6.07, 6.45) is 5.43. The second-order valence-electron chi connectivity index (χ2n) is 5.08. The van der Waals surface area contributed by atoms with Crippen LogP contribution in [0.25, 0.3) is 0 Å². The molecular formula is C16H23FN2O2. The molecule has 4 nitrogen and oxygen atoms in total. The van der Waals surface area contributed by atoms with Crippen LogP contribution in [0.1, 0.15) is 44.6 Å². The highest BCUT2D eigenvalue weighted by atomic mass is 19.1. The maximum atomic E-state index is 12.9. The van der Waals surface area contributed by atoms with Gasteiger partial charge in [0.25, 0.3) is 0 Å². The van der Waals surface area contributed by atoms with Crippen molar-refractivity contribution in [2.24, 2.45) is 0 Å². The molecule has 116 valence electrons. The number of carbonyl (C=O) groups excluding carboxylic acids is 2. The van der Waals surface area contributed by atoms with Gasteiger partial charge in [-0.2, -0.15) is 0 Å². The third kappa shape index (κ3) is 6.38. The number of rotatable bonds is 7. The molecule has 0 aliphatic carbocycles. The SMILES string of the molecule is CCCCCCCNC(=O)C(=O)Nc1ccc(F)cc1C. The first-order chi connectivity index (χ1) is 10.0. The van der Waals surface area contributed by atoms with E-state index in [1.54, 1.807) is 6.92 Å². The normalized spacial score (nSPS) is 10.2. The van der Waals surface area contributed by atoms with Gasteiger partial charge in [0.05, 0.1) is 0 Å². The molecule has 0 spiro atoms. The molecule has 0 aliphatic heterocycles. The van der Waals surface area contributed by atoms with Crippen molar-refractivity contribution in [3.05, 3.63) is 29.6 Å². The maximum Gasteiger partial charge on any atom is 0.313 e. The van der Waals surface area contributed by atoms with Crippen LogP contribution in [0.2, 0.25) is 0 Å². The molecule has 1 aromatic rings. The summed E-state index contributed by atoms with van der Waals surface area (Å²) in [6, 6.07) is 4.00. The predicted molar refractivity (Wildman–Crippen MR) is 81.5 cm³/mol. The second kappa shape index (κ2) is 9.10.